The van der Waals surface area contributed by atoms with Crippen LogP contribution in [-0.2, 0) is 0 Å². The Morgan fingerprint density at radius 2 is 2.00 bits per heavy atom. The molecule has 2 heteroatoms. The summed E-state index contributed by atoms with van der Waals surface area (Å²) in [5, 5.41) is 11.4. The molecule has 0 rings (SSSR count). The van der Waals surface area contributed by atoms with Crippen LogP contribution in [0.25, 0.3) is 0 Å². The lowest BCUT2D eigenvalue weighted by molar-refractivity contribution is 0.220. The maximum absolute atomic E-state index is 8.49. The Hall–Kier alpha value is -0.0800. The molecule has 0 radical (unpaired) electrons. The van der Waals surface area contributed by atoms with E-state index in [0.29, 0.717) is 5.41 Å². The van der Waals surface area contributed by atoms with E-state index in [1.165, 1.54) is 12.8 Å². The third-order valence-electron chi connectivity index (χ3n) is 1.64. The zero-order chi connectivity index (χ0) is 8.04. The summed E-state index contributed by atoms with van der Waals surface area (Å²) in [6.07, 6.45) is 2.42. The minimum absolute atomic E-state index is 0.0904. The van der Waals surface area contributed by atoms with Gasteiger partial charge in [0.2, 0.25) is 0 Å². The van der Waals surface area contributed by atoms with Crippen LogP contribution in [0.1, 0.15) is 33.6 Å². The molecule has 0 aromatic heterocycles. The molecule has 0 saturated heterocycles. The van der Waals surface area contributed by atoms with Gasteiger partial charge in [-0.15, -0.1) is 0 Å². The Morgan fingerprint density at radius 1 is 1.40 bits per heavy atom. The van der Waals surface area contributed by atoms with Crippen LogP contribution in [0.5, 0.6) is 0 Å². The topological polar surface area (TPSA) is 32.3 Å². The second kappa shape index (κ2) is 4.69. The first kappa shape index (κ1) is 9.92. The molecule has 10 heavy (non-hydrogen) atoms. The first-order chi connectivity index (χ1) is 4.62. The normalized spacial score (nSPS) is 12.0. The van der Waals surface area contributed by atoms with Gasteiger partial charge in [0, 0.05) is 6.54 Å². The monoisotopic (exact) mass is 145 g/mol. The minimum atomic E-state index is 0.0904. The minimum Gasteiger partial charge on any atom is -0.381 e. The van der Waals surface area contributed by atoms with Gasteiger partial charge in [0.25, 0.3) is 0 Å². The predicted octanol–water partition coefficient (Wildman–Crippen LogP) is 1.35. The number of rotatable bonds is 5. The van der Waals surface area contributed by atoms with E-state index in [2.05, 4.69) is 26.1 Å². The molecule has 62 valence electrons. The van der Waals surface area contributed by atoms with Crippen LogP contribution in [-0.4, -0.2) is 18.4 Å². The number of aliphatic hydroxyl groups excluding tert-OH is 1. The summed E-state index contributed by atoms with van der Waals surface area (Å²) in [7, 11) is 0. The van der Waals surface area contributed by atoms with E-state index in [9.17, 15) is 0 Å². The molecule has 0 fully saturated rings. The van der Waals surface area contributed by atoms with Gasteiger partial charge in [-0.25, -0.2) is 0 Å². The average Bonchev–Trinajstić information content (AvgIpc) is 1.84. The summed E-state index contributed by atoms with van der Waals surface area (Å²) in [6, 6.07) is 0. The van der Waals surface area contributed by atoms with Crippen LogP contribution in [0.4, 0.5) is 0 Å². The Labute approximate surface area is 63.6 Å². The summed E-state index contributed by atoms with van der Waals surface area (Å²) >= 11 is 0. The predicted molar refractivity (Wildman–Crippen MR) is 43.8 cm³/mol. The molecule has 0 unspecified atom stereocenters. The largest absolute Gasteiger partial charge is 0.381 e. The highest BCUT2D eigenvalue weighted by molar-refractivity contribution is 4.69. The van der Waals surface area contributed by atoms with Crippen molar-refractivity contribution in [2.24, 2.45) is 5.41 Å². The molecule has 0 atom stereocenters. The molecule has 0 bridgehead atoms. The van der Waals surface area contributed by atoms with Crippen molar-refractivity contribution in [2.45, 2.75) is 33.6 Å². The van der Waals surface area contributed by atoms with Gasteiger partial charge in [0.05, 0.1) is 6.73 Å². The van der Waals surface area contributed by atoms with Crippen molar-refractivity contribution >= 4 is 0 Å². The highest BCUT2D eigenvalue weighted by atomic mass is 16.3. The second-order valence-electron chi connectivity index (χ2n) is 3.50. The molecule has 0 saturated carbocycles. The third-order valence-corrected chi connectivity index (χ3v) is 1.64. The molecule has 0 aliphatic carbocycles. The summed E-state index contributed by atoms with van der Waals surface area (Å²) < 4.78 is 0. The lowest BCUT2D eigenvalue weighted by atomic mass is 9.88. The highest BCUT2D eigenvalue weighted by Crippen LogP contribution is 2.20. The van der Waals surface area contributed by atoms with Crippen molar-refractivity contribution in [3.63, 3.8) is 0 Å². The maximum Gasteiger partial charge on any atom is 0.0931 e. The van der Waals surface area contributed by atoms with Crippen molar-refractivity contribution in [3.05, 3.63) is 0 Å². The first-order valence-corrected chi connectivity index (χ1v) is 3.94. The molecule has 0 aliphatic heterocycles. The first-order valence-electron chi connectivity index (χ1n) is 3.94. The van der Waals surface area contributed by atoms with Crippen LogP contribution in [0.2, 0.25) is 0 Å². The van der Waals surface area contributed by atoms with E-state index in [1.807, 2.05) is 0 Å². The fourth-order valence-electron chi connectivity index (χ4n) is 1.16. The van der Waals surface area contributed by atoms with Gasteiger partial charge in [-0.2, -0.15) is 0 Å². The van der Waals surface area contributed by atoms with Gasteiger partial charge >= 0.3 is 0 Å². The van der Waals surface area contributed by atoms with Gasteiger partial charge in [0.15, 0.2) is 0 Å². The number of aliphatic hydroxyl groups is 1. The van der Waals surface area contributed by atoms with Gasteiger partial charge in [-0.05, 0) is 11.8 Å². The van der Waals surface area contributed by atoms with E-state index >= 15 is 0 Å². The number of hydrogen-bond donors (Lipinski definition) is 2. The van der Waals surface area contributed by atoms with Crippen LogP contribution in [0, 0.1) is 5.41 Å². The van der Waals surface area contributed by atoms with E-state index in [0.717, 1.165) is 6.54 Å². The van der Waals surface area contributed by atoms with Crippen LogP contribution >= 0.6 is 0 Å². The highest BCUT2D eigenvalue weighted by Gasteiger charge is 2.14. The Morgan fingerprint density at radius 3 is 2.40 bits per heavy atom. The summed E-state index contributed by atoms with van der Waals surface area (Å²) in [6.45, 7) is 7.59. The van der Waals surface area contributed by atoms with Crippen molar-refractivity contribution in [1.82, 2.24) is 5.32 Å². The van der Waals surface area contributed by atoms with Crippen molar-refractivity contribution in [3.8, 4) is 0 Å². The second-order valence-corrected chi connectivity index (χ2v) is 3.50. The Balaban J connectivity index is 3.42. The van der Waals surface area contributed by atoms with Crippen LogP contribution < -0.4 is 5.32 Å². The zero-order valence-electron chi connectivity index (χ0n) is 7.28. The SMILES string of the molecule is CCCC(C)(C)CNCO. The molecule has 0 aliphatic rings. The smallest absolute Gasteiger partial charge is 0.0931 e. The number of nitrogens with one attached hydrogen (secondary N) is 1. The molecular formula is C8H19NO. The van der Waals surface area contributed by atoms with E-state index in [4.69, 9.17) is 5.11 Å². The number of hydrogen-bond acceptors (Lipinski definition) is 2. The quantitative estimate of drug-likeness (QED) is 0.572. The summed E-state index contributed by atoms with van der Waals surface area (Å²) in [5.41, 5.74) is 0.331. The molecule has 2 N–H and O–H groups in total. The molecule has 0 amide bonds. The fourth-order valence-corrected chi connectivity index (χ4v) is 1.16. The van der Waals surface area contributed by atoms with Crippen molar-refractivity contribution in [1.29, 1.82) is 0 Å². The van der Waals surface area contributed by atoms with E-state index in [-0.39, 0.29) is 6.73 Å². The molecular weight excluding hydrogens is 126 g/mol. The van der Waals surface area contributed by atoms with Gasteiger partial charge in [-0.3, -0.25) is 5.32 Å². The molecule has 0 aromatic carbocycles. The van der Waals surface area contributed by atoms with Gasteiger partial charge in [0.1, 0.15) is 0 Å². The molecule has 2 nitrogen and oxygen atoms in total. The lowest BCUT2D eigenvalue weighted by Crippen LogP contribution is -2.29. The maximum atomic E-state index is 8.49. The van der Waals surface area contributed by atoms with Crippen LogP contribution in [0.15, 0.2) is 0 Å². The average molecular weight is 145 g/mol. The van der Waals surface area contributed by atoms with Gasteiger partial charge < -0.3 is 5.11 Å². The standard InChI is InChI=1S/C8H19NO/c1-4-5-8(2,3)6-9-7-10/h9-10H,4-7H2,1-3H3. The summed E-state index contributed by atoms with van der Waals surface area (Å²) in [5.74, 6) is 0. The third kappa shape index (κ3) is 4.77. The van der Waals surface area contributed by atoms with Crippen molar-refractivity contribution in [2.75, 3.05) is 13.3 Å². The molecule has 0 spiro atoms. The Bertz CT molecular complexity index is 81.3. The van der Waals surface area contributed by atoms with Crippen molar-refractivity contribution < 1.29 is 5.11 Å². The van der Waals surface area contributed by atoms with E-state index < -0.39 is 0 Å². The zero-order valence-corrected chi connectivity index (χ0v) is 7.28. The Kier molecular flexibility index (Phi) is 4.65. The fraction of sp³-hybridized carbons (Fsp3) is 1.00. The van der Waals surface area contributed by atoms with Gasteiger partial charge in [-0.1, -0.05) is 27.2 Å². The van der Waals surface area contributed by atoms with E-state index in [1.54, 1.807) is 0 Å². The molecule has 0 aromatic rings. The lowest BCUT2D eigenvalue weighted by Gasteiger charge is -2.23. The summed E-state index contributed by atoms with van der Waals surface area (Å²) in [4.78, 5) is 0. The molecule has 0 heterocycles. The van der Waals surface area contributed by atoms with Crippen LogP contribution in [0.3, 0.4) is 0 Å².